The van der Waals surface area contributed by atoms with E-state index in [2.05, 4.69) is 26.8 Å². The number of hydrogen-bond donors (Lipinski definition) is 2. The van der Waals surface area contributed by atoms with E-state index in [-0.39, 0.29) is 22.7 Å². The summed E-state index contributed by atoms with van der Waals surface area (Å²) < 4.78 is 9.45. The SMILES string of the molecule is COC12CC3(C)CC4(CC4C(Cn4ncc(-c5ccc(-c6ccc7c(c6)N(C(=O)Nc6nc8ccccc8s6)CCN7C)nc5C(=O)O)c4C)(C3)C1)C2. The van der Waals surface area contributed by atoms with Gasteiger partial charge in [-0.05, 0) is 104 Å². The quantitative estimate of drug-likeness (QED) is 0.172. The lowest BCUT2D eigenvalue weighted by atomic mass is 9.43. The molecule has 0 saturated heterocycles. The molecule has 5 aromatic rings. The van der Waals surface area contributed by atoms with Crippen molar-refractivity contribution in [3.63, 3.8) is 0 Å². The minimum absolute atomic E-state index is 0.0211. The van der Waals surface area contributed by atoms with Crippen LogP contribution in [0.1, 0.15) is 61.6 Å². The summed E-state index contributed by atoms with van der Waals surface area (Å²) >= 11 is 1.44. The molecule has 2 amide bonds. The van der Waals surface area contributed by atoms with Crippen LogP contribution >= 0.6 is 11.3 Å². The van der Waals surface area contributed by atoms with Crippen molar-refractivity contribution in [2.45, 2.75) is 64.5 Å². The van der Waals surface area contributed by atoms with Gasteiger partial charge in [-0.2, -0.15) is 5.10 Å². The zero-order valence-corrected chi connectivity index (χ0v) is 31.3. The minimum atomic E-state index is -1.10. The van der Waals surface area contributed by atoms with Gasteiger partial charge >= 0.3 is 12.0 Å². The van der Waals surface area contributed by atoms with Crippen LogP contribution in [0.2, 0.25) is 0 Å². The monoisotopic (exact) mass is 729 g/mol. The van der Waals surface area contributed by atoms with Gasteiger partial charge in [0.25, 0.3) is 0 Å². The number of para-hydroxylation sites is 1. The first-order valence-electron chi connectivity index (χ1n) is 18.5. The van der Waals surface area contributed by atoms with E-state index in [1.165, 1.54) is 37.0 Å². The Hall–Kier alpha value is -4.81. The third-order valence-corrected chi connectivity index (χ3v) is 14.3. The lowest BCUT2D eigenvalue weighted by Gasteiger charge is -2.65. The van der Waals surface area contributed by atoms with E-state index in [0.29, 0.717) is 46.2 Å². The highest BCUT2D eigenvalue weighted by Gasteiger charge is 2.78. The van der Waals surface area contributed by atoms with Crippen molar-refractivity contribution in [2.24, 2.45) is 22.2 Å². The number of carbonyl (C=O) groups excluding carboxylic acids is 1. The third-order valence-electron chi connectivity index (χ3n) is 13.4. The van der Waals surface area contributed by atoms with Gasteiger partial charge in [0.1, 0.15) is 0 Å². The van der Waals surface area contributed by atoms with E-state index in [1.54, 1.807) is 4.90 Å². The number of anilines is 3. The number of pyridine rings is 1. The average molecular weight is 730 g/mol. The Morgan fingerprint density at radius 1 is 1.00 bits per heavy atom. The van der Waals surface area contributed by atoms with Crippen molar-refractivity contribution in [3.8, 4) is 22.4 Å². The number of methoxy groups -OCH3 is 1. The summed E-state index contributed by atoms with van der Waals surface area (Å²) in [7, 11) is 3.90. The maximum atomic E-state index is 13.7. The number of ether oxygens (including phenoxy) is 1. The number of urea groups is 1. The second-order valence-electron chi connectivity index (χ2n) is 17.0. The topological polar surface area (TPSA) is 126 Å². The molecule has 0 radical (unpaired) electrons. The summed E-state index contributed by atoms with van der Waals surface area (Å²) in [5.74, 6) is -0.389. The van der Waals surface area contributed by atoms with E-state index in [4.69, 9.17) is 14.8 Å². The fraction of sp³-hybridized carbons (Fsp3) is 0.439. The van der Waals surface area contributed by atoms with Crippen LogP contribution in [0.4, 0.5) is 21.3 Å². The molecule has 5 unspecified atom stereocenters. The Kier molecular flexibility index (Phi) is 6.88. The number of nitrogens with zero attached hydrogens (tertiary/aromatic N) is 6. The molecule has 4 heterocycles. The van der Waals surface area contributed by atoms with Crippen LogP contribution in [0.25, 0.3) is 32.6 Å². The van der Waals surface area contributed by atoms with Gasteiger partial charge < -0.3 is 14.7 Å². The van der Waals surface area contributed by atoms with Gasteiger partial charge in [-0.1, -0.05) is 36.5 Å². The Bertz CT molecular complexity index is 2330. The van der Waals surface area contributed by atoms with Crippen molar-refractivity contribution in [1.29, 1.82) is 0 Å². The molecule has 1 spiro atoms. The van der Waals surface area contributed by atoms with Crippen LogP contribution in [0.15, 0.2) is 60.8 Å². The van der Waals surface area contributed by atoms with Crippen LogP contribution in [0.3, 0.4) is 0 Å². The molecule has 53 heavy (non-hydrogen) atoms. The largest absolute Gasteiger partial charge is 0.476 e. The predicted molar refractivity (Wildman–Crippen MR) is 206 cm³/mol. The van der Waals surface area contributed by atoms with Crippen molar-refractivity contribution in [2.75, 3.05) is 42.4 Å². The zero-order valence-electron chi connectivity index (χ0n) is 30.5. The van der Waals surface area contributed by atoms with Gasteiger partial charge in [0.15, 0.2) is 10.8 Å². The molecule has 5 atom stereocenters. The van der Waals surface area contributed by atoms with Crippen LogP contribution in [-0.4, -0.2) is 69.7 Å². The zero-order chi connectivity index (χ0) is 36.5. The van der Waals surface area contributed by atoms with Gasteiger partial charge in [-0.25, -0.2) is 19.6 Å². The number of likely N-dealkylation sites (N-methyl/N-ethyl adjacent to an activating group) is 1. The molecular formula is C41H43N7O4S. The van der Waals surface area contributed by atoms with Crippen molar-refractivity contribution < 1.29 is 19.4 Å². The number of benzene rings is 2. The first kappa shape index (κ1) is 32.8. The van der Waals surface area contributed by atoms with E-state index in [9.17, 15) is 14.7 Å². The first-order valence-corrected chi connectivity index (χ1v) is 19.4. The highest BCUT2D eigenvalue weighted by atomic mass is 32.1. The van der Waals surface area contributed by atoms with E-state index in [1.807, 2.05) is 81.9 Å². The van der Waals surface area contributed by atoms with Gasteiger partial charge in [-0.3, -0.25) is 14.9 Å². The van der Waals surface area contributed by atoms with Gasteiger partial charge in [0.2, 0.25) is 0 Å². The number of fused-ring (bicyclic) bond motifs is 2. The lowest BCUT2D eigenvalue weighted by molar-refractivity contribution is -0.215. The molecule has 11 rings (SSSR count). The molecule has 12 heteroatoms. The van der Waals surface area contributed by atoms with E-state index >= 15 is 0 Å². The van der Waals surface area contributed by atoms with Gasteiger partial charge in [0, 0.05) is 56.2 Å². The molecule has 4 bridgehead atoms. The molecule has 5 aliphatic carbocycles. The van der Waals surface area contributed by atoms with Gasteiger partial charge in [0.05, 0.1) is 39.1 Å². The minimum Gasteiger partial charge on any atom is -0.476 e. The number of nitrogens with one attached hydrogen (secondary N) is 1. The Labute approximate surface area is 312 Å². The summed E-state index contributed by atoms with van der Waals surface area (Å²) in [6, 6.07) is 17.1. The molecule has 5 saturated carbocycles. The molecular weight excluding hydrogens is 687 g/mol. The predicted octanol–water partition coefficient (Wildman–Crippen LogP) is 8.09. The smallest absolute Gasteiger partial charge is 0.355 e. The normalized spacial score (nSPS) is 29.3. The molecule has 2 aromatic carbocycles. The third kappa shape index (κ3) is 4.97. The number of carbonyl (C=O) groups is 2. The number of carboxylic acid groups (broad SMARTS) is 1. The molecule has 2 N–H and O–H groups in total. The number of aromatic nitrogens is 4. The summed E-state index contributed by atoms with van der Waals surface area (Å²) in [6.45, 7) is 6.49. The number of thiazole rings is 1. The second kappa shape index (κ2) is 11.1. The van der Waals surface area contributed by atoms with Crippen molar-refractivity contribution in [3.05, 3.63) is 72.2 Å². The highest BCUT2D eigenvalue weighted by Crippen LogP contribution is 2.84. The number of rotatable bonds is 7. The fourth-order valence-electron chi connectivity index (χ4n) is 11.7. The van der Waals surface area contributed by atoms with Crippen molar-refractivity contribution >= 4 is 50.1 Å². The highest BCUT2D eigenvalue weighted by molar-refractivity contribution is 7.22. The van der Waals surface area contributed by atoms with Gasteiger partial charge in [-0.15, -0.1) is 0 Å². The molecule has 3 aromatic heterocycles. The Morgan fingerprint density at radius 3 is 2.66 bits per heavy atom. The Balaban J connectivity index is 0.949. The molecule has 6 aliphatic rings. The molecule has 1 aliphatic heterocycles. The fourth-order valence-corrected chi connectivity index (χ4v) is 12.6. The summed E-state index contributed by atoms with van der Waals surface area (Å²) in [6.07, 6.45) is 9.02. The van der Waals surface area contributed by atoms with Crippen LogP contribution in [0, 0.1) is 29.1 Å². The average Bonchev–Trinajstić information content (AvgIpc) is 3.50. The van der Waals surface area contributed by atoms with Crippen LogP contribution in [0.5, 0.6) is 0 Å². The molecule has 11 nitrogen and oxygen atoms in total. The van der Waals surface area contributed by atoms with E-state index in [0.717, 1.165) is 57.8 Å². The van der Waals surface area contributed by atoms with Crippen molar-refractivity contribution in [1.82, 2.24) is 19.7 Å². The maximum absolute atomic E-state index is 13.7. The summed E-state index contributed by atoms with van der Waals surface area (Å²) in [4.78, 5) is 39.6. The maximum Gasteiger partial charge on any atom is 0.355 e. The number of carboxylic acids is 1. The Morgan fingerprint density at radius 2 is 1.85 bits per heavy atom. The standard InChI is InChI=1S/C41H43N7O4S/c1-24-27(17-42-48(24)23-40-19-38(2)18-39(16-33(39)40)21-41(20-38,22-40)52-4)26-10-11-28(43-34(26)35(49)50)25-9-12-30-31(15-25)47(14-13-46(30)3)37(51)45-36-44-29-7-5-6-8-32(29)53-36/h5-12,15,17,33H,13-14,16,18-23H2,1-4H3,(H,49,50)(H,44,45,51). The van der Waals surface area contributed by atoms with E-state index < -0.39 is 5.97 Å². The summed E-state index contributed by atoms with van der Waals surface area (Å²) in [5, 5.41) is 18.9. The molecule has 5 fully saturated rings. The number of hydrogen-bond acceptors (Lipinski definition) is 8. The van der Waals surface area contributed by atoms with Crippen LogP contribution < -0.4 is 15.1 Å². The lowest BCUT2D eigenvalue weighted by Crippen LogP contribution is -2.61. The summed E-state index contributed by atoms with van der Waals surface area (Å²) in [5.41, 5.74) is 6.79. The second-order valence-corrected chi connectivity index (χ2v) is 18.0. The van der Waals surface area contributed by atoms with Crippen LogP contribution in [-0.2, 0) is 11.3 Å². The first-order chi connectivity index (χ1) is 25.4. The number of amides is 2. The molecule has 272 valence electrons. The number of aromatic carboxylic acids is 1.